The lowest BCUT2D eigenvalue weighted by molar-refractivity contribution is -0.139. The maximum absolute atomic E-state index is 13.1. The number of nitrogens with one attached hydrogen (secondary N) is 2. The fourth-order valence-corrected chi connectivity index (χ4v) is 4.61. The average Bonchev–Trinajstić information content (AvgIpc) is 3.32. The maximum Gasteiger partial charge on any atom is 0.309 e. The Morgan fingerprint density at radius 2 is 1.66 bits per heavy atom. The van der Waals surface area contributed by atoms with E-state index in [1.165, 1.54) is 36.6 Å². The van der Waals surface area contributed by atoms with Crippen molar-refractivity contribution in [2.24, 2.45) is 0 Å². The summed E-state index contributed by atoms with van der Waals surface area (Å²) in [6, 6.07) is 15.7. The Morgan fingerprint density at radius 3 is 2.25 bits per heavy atom. The number of benzene rings is 2. The van der Waals surface area contributed by atoms with E-state index in [0.29, 0.717) is 10.8 Å². The molecule has 2 amide bonds. The van der Waals surface area contributed by atoms with Gasteiger partial charge in [-0.25, -0.2) is 8.42 Å². The van der Waals surface area contributed by atoms with Crippen LogP contribution in [0.1, 0.15) is 16.6 Å². The van der Waals surface area contributed by atoms with Gasteiger partial charge in [-0.2, -0.15) is 0 Å². The molecular formula is C22H21ClN2O6S. The van der Waals surface area contributed by atoms with Gasteiger partial charge in [-0.1, -0.05) is 23.7 Å². The van der Waals surface area contributed by atoms with Crippen LogP contribution >= 0.6 is 11.6 Å². The number of carbonyl (C=O) groups excluding carboxylic acids is 2. The molecule has 1 heterocycles. The molecule has 0 aliphatic carbocycles. The van der Waals surface area contributed by atoms with E-state index in [9.17, 15) is 18.0 Å². The number of sulfone groups is 1. The molecule has 10 heteroatoms. The summed E-state index contributed by atoms with van der Waals surface area (Å²) >= 11 is 5.85. The third-order valence-electron chi connectivity index (χ3n) is 4.64. The quantitative estimate of drug-likeness (QED) is 0.483. The van der Waals surface area contributed by atoms with Gasteiger partial charge in [-0.05, 0) is 54.1 Å². The molecule has 0 spiro atoms. The summed E-state index contributed by atoms with van der Waals surface area (Å²) in [6.45, 7) is -0.228. The van der Waals surface area contributed by atoms with Crippen LogP contribution in [0.4, 0.5) is 0 Å². The van der Waals surface area contributed by atoms with Crippen LogP contribution in [-0.4, -0.2) is 33.9 Å². The third kappa shape index (κ3) is 5.68. The summed E-state index contributed by atoms with van der Waals surface area (Å²) in [6.07, 6.45) is 1.34. The largest absolute Gasteiger partial charge is 0.497 e. The second kappa shape index (κ2) is 10.3. The SMILES string of the molecule is COc1ccc(CNC(=O)C(=O)NCC(c2ccco2)S(=O)(=O)c2ccc(Cl)cc2)cc1. The van der Waals surface area contributed by atoms with Crippen LogP contribution in [-0.2, 0) is 26.0 Å². The number of amides is 2. The molecule has 0 aliphatic rings. The lowest BCUT2D eigenvalue weighted by Crippen LogP contribution is -2.42. The number of rotatable bonds is 8. The van der Waals surface area contributed by atoms with Gasteiger partial charge in [0.05, 0.1) is 18.3 Å². The van der Waals surface area contributed by atoms with E-state index in [1.54, 1.807) is 37.4 Å². The molecule has 3 aromatic rings. The molecule has 0 saturated carbocycles. The molecule has 32 heavy (non-hydrogen) atoms. The van der Waals surface area contributed by atoms with E-state index in [0.717, 1.165) is 5.56 Å². The molecule has 0 bridgehead atoms. The molecule has 1 unspecified atom stereocenters. The first kappa shape index (κ1) is 23.4. The molecule has 8 nitrogen and oxygen atoms in total. The van der Waals surface area contributed by atoms with E-state index in [2.05, 4.69) is 10.6 Å². The van der Waals surface area contributed by atoms with Gasteiger partial charge in [0, 0.05) is 18.1 Å². The fourth-order valence-electron chi connectivity index (χ4n) is 2.90. The second-order valence-corrected chi connectivity index (χ2v) is 9.31. The number of furan rings is 1. The van der Waals surface area contributed by atoms with Gasteiger partial charge in [0.15, 0.2) is 9.84 Å². The summed E-state index contributed by atoms with van der Waals surface area (Å²) in [7, 11) is -2.39. The predicted molar refractivity (Wildman–Crippen MR) is 118 cm³/mol. The third-order valence-corrected chi connectivity index (χ3v) is 6.97. The van der Waals surface area contributed by atoms with Crippen molar-refractivity contribution in [2.75, 3.05) is 13.7 Å². The molecule has 0 fully saturated rings. The monoisotopic (exact) mass is 476 g/mol. The zero-order chi connectivity index (χ0) is 23.1. The maximum atomic E-state index is 13.1. The predicted octanol–water partition coefficient (Wildman–Crippen LogP) is 2.89. The first-order valence-corrected chi connectivity index (χ1v) is 11.5. The number of hydrogen-bond acceptors (Lipinski definition) is 6. The van der Waals surface area contributed by atoms with E-state index >= 15 is 0 Å². The highest BCUT2D eigenvalue weighted by atomic mass is 35.5. The summed E-state index contributed by atoms with van der Waals surface area (Å²) in [5.41, 5.74) is 0.769. The Labute approximate surface area is 190 Å². The number of hydrogen-bond donors (Lipinski definition) is 2. The highest BCUT2D eigenvalue weighted by molar-refractivity contribution is 7.91. The molecule has 2 aromatic carbocycles. The van der Waals surface area contributed by atoms with Gasteiger partial charge in [0.2, 0.25) is 0 Å². The summed E-state index contributed by atoms with van der Waals surface area (Å²) in [5.74, 6) is -1.04. The summed E-state index contributed by atoms with van der Waals surface area (Å²) in [4.78, 5) is 24.4. The van der Waals surface area contributed by atoms with Crippen molar-refractivity contribution in [1.82, 2.24) is 10.6 Å². The standard InChI is InChI=1S/C22H21ClN2O6S/c1-30-17-8-4-15(5-9-17)13-24-21(26)22(27)25-14-20(19-3-2-12-31-19)32(28,29)18-10-6-16(23)7-11-18/h2-12,20H,13-14H2,1H3,(H,24,26)(H,25,27). The van der Waals surface area contributed by atoms with Crippen LogP contribution in [0.2, 0.25) is 5.02 Å². The minimum absolute atomic E-state index is 0.0153. The Hall–Kier alpha value is -3.30. The molecular weight excluding hydrogens is 456 g/mol. The van der Waals surface area contributed by atoms with Crippen molar-refractivity contribution in [3.05, 3.63) is 83.3 Å². The molecule has 0 aliphatic heterocycles. The highest BCUT2D eigenvalue weighted by Crippen LogP contribution is 2.29. The average molecular weight is 477 g/mol. The van der Waals surface area contributed by atoms with Crippen LogP contribution in [0.15, 0.2) is 76.2 Å². The number of halogens is 1. The van der Waals surface area contributed by atoms with Gasteiger partial charge in [-0.15, -0.1) is 0 Å². The van der Waals surface area contributed by atoms with Crippen LogP contribution < -0.4 is 15.4 Å². The Bertz CT molecular complexity index is 1160. The lowest BCUT2D eigenvalue weighted by atomic mass is 10.2. The minimum atomic E-state index is -3.93. The molecule has 3 rings (SSSR count). The Kier molecular flexibility index (Phi) is 7.55. The Morgan fingerprint density at radius 1 is 1.00 bits per heavy atom. The zero-order valence-electron chi connectivity index (χ0n) is 17.1. The van der Waals surface area contributed by atoms with Crippen LogP contribution in [0.5, 0.6) is 5.75 Å². The number of ether oxygens (including phenoxy) is 1. The summed E-state index contributed by atoms with van der Waals surface area (Å²) < 4.78 is 36.6. The van der Waals surface area contributed by atoms with Crippen molar-refractivity contribution >= 4 is 33.3 Å². The lowest BCUT2D eigenvalue weighted by Gasteiger charge is -2.16. The van der Waals surface area contributed by atoms with Crippen molar-refractivity contribution < 1.29 is 27.2 Å². The van der Waals surface area contributed by atoms with Gasteiger partial charge in [0.1, 0.15) is 16.8 Å². The van der Waals surface area contributed by atoms with Gasteiger partial charge in [-0.3, -0.25) is 9.59 Å². The minimum Gasteiger partial charge on any atom is -0.497 e. The number of carbonyl (C=O) groups is 2. The van der Waals surface area contributed by atoms with Crippen molar-refractivity contribution in [3.63, 3.8) is 0 Å². The highest BCUT2D eigenvalue weighted by Gasteiger charge is 2.32. The van der Waals surface area contributed by atoms with Crippen LogP contribution in [0, 0.1) is 0 Å². The van der Waals surface area contributed by atoms with E-state index < -0.39 is 26.9 Å². The molecule has 0 saturated heterocycles. The Balaban J connectivity index is 1.66. The van der Waals surface area contributed by atoms with Crippen LogP contribution in [0.25, 0.3) is 0 Å². The van der Waals surface area contributed by atoms with Gasteiger partial charge in [0.25, 0.3) is 0 Å². The first-order valence-electron chi connectivity index (χ1n) is 9.53. The van der Waals surface area contributed by atoms with Crippen LogP contribution in [0.3, 0.4) is 0 Å². The summed E-state index contributed by atoms with van der Waals surface area (Å²) in [5, 5.41) is 4.03. The van der Waals surface area contributed by atoms with Crippen molar-refractivity contribution in [3.8, 4) is 5.75 Å². The van der Waals surface area contributed by atoms with Gasteiger partial charge < -0.3 is 19.8 Å². The molecule has 168 valence electrons. The van der Waals surface area contributed by atoms with E-state index in [1.807, 2.05) is 0 Å². The topological polar surface area (TPSA) is 115 Å². The molecule has 1 atom stereocenters. The van der Waals surface area contributed by atoms with E-state index in [-0.39, 0.29) is 23.7 Å². The first-order chi connectivity index (χ1) is 15.3. The zero-order valence-corrected chi connectivity index (χ0v) is 18.7. The number of methoxy groups -OCH3 is 1. The fraction of sp³-hybridized carbons (Fsp3) is 0.182. The smallest absolute Gasteiger partial charge is 0.309 e. The molecule has 0 radical (unpaired) electrons. The normalized spacial score (nSPS) is 12.1. The molecule has 2 N–H and O–H groups in total. The van der Waals surface area contributed by atoms with Crippen molar-refractivity contribution in [2.45, 2.75) is 16.7 Å². The van der Waals surface area contributed by atoms with Crippen molar-refractivity contribution in [1.29, 1.82) is 0 Å². The van der Waals surface area contributed by atoms with Gasteiger partial charge >= 0.3 is 11.8 Å². The second-order valence-electron chi connectivity index (χ2n) is 6.74. The van der Waals surface area contributed by atoms with E-state index in [4.69, 9.17) is 20.8 Å². The molecule has 1 aromatic heterocycles.